The van der Waals surface area contributed by atoms with Crippen molar-refractivity contribution in [3.8, 4) is 0 Å². The molecule has 1 fully saturated rings. The summed E-state index contributed by atoms with van der Waals surface area (Å²) >= 11 is 0. The summed E-state index contributed by atoms with van der Waals surface area (Å²) < 4.78 is 0. The zero-order valence-corrected chi connectivity index (χ0v) is 8.10. The van der Waals surface area contributed by atoms with Crippen molar-refractivity contribution in [2.75, 3.05) is 13.1 Å². The summed E-state index contributed by atoms with van der Waals surface area (Å²) in [6.45, 7) is 4.42. The Morgan fingerprint density at radius 1 is 1.45 bits per heavy atom. The van der Waals surface area contributed by atoms with Crippen LogP contribution < -0.4 is 10.6 Å². The number of halogens is 2. The van der Waals surface area contributed by atoms with Crippen molar-refractivity contribution < 1.29 is 0 Å². The van der Waals surface area contributed by atoms with Gasteiger partial charge in [0.15, 0.2) is 0 Å². The van der Waals surface area contributed by atoms with Gasteiger partial charge in [-0.1, -0.05) is 6.08 Å². The number of hydrogen-bond acceptors (Lipinski definition) is 2. The summed E-state index contributed by atoms with van der Waals surface area (Å²) in [4.78, 5) is 0. The van der Waals surface area contributed by atoms with E-state index in [4.69, 9.17) is 0 Å². The van der Waals surface area contributed by atoms with Gasteiger partial charge in [-0.2, -0.15) is 0 Å². The molecule has 2 rings (SSSR count). The minimum Gasteiger partial charge on any atom is -0.311 e. The van der Waals surface area contributed by atoms with E-state index in [2.05, 4.69) is 23.6 Å². The van der Waals surface area contributed by atoms with Crippen LogP contribution in [0.1, 0.15) is 6.92 Å². The first-order valence-corrected chi connectivity index (χ1v) is 3.53. The van der Waals surface area contributed by atoms with Gasteiger partial charge in [0.1, 0.15) is 0 Å². The van der Waals surface area contributed by atoms with Crippen LogP contribution in [0.25, 0.3) is 0 Å². The van der Waals surface area contributed by atoms with Crippen molar-refractivity contribution in [3.63, 3.8) is 0 Å². The van der Waals surface area contributed by atoms with Gasteiger partial charge in [0.25, 0.3) is 0 Å². The van der Waals surface area contributed by atoms with Crippen LogP contribution in [-0.2, 0) is 0 Å². The fourth-order valence-electron chi connectivity index (χ4n) is 1.64. The zero-order chi connectivity index (χ0) is 6.27. The third-order valence-corrected chi connectivity index (χ3v) is 2.05. The first-order chi connectivity index (χ1) is 4.36. The number of nitrogens with one attached hydrogen (secondary N) is 2. The molecule has 0 saturated carbocycles. The molecule has 2 atom stereocenters. The van der Waals surface area contributed by atoms with Crippen LogP contribution in [0, 0.1) is 0 Å². The highest BCUT2D eigenvalue weighted by atomic mass is 35.5. The highest BCUT2D eigenvalue weighted by Gasteiger charge is 2.26. The molecule has 0 aromatic rings. The van der Waals surface area contributed by atoms with Gasteiger partial charge < -0.3 is 10.6 Å². The van der Waals surface area contributed by atoms with Crippen LogP contribution in [0.15, 0.2) is 11.6 Å². The maximum atomic E-state index is 3.46. The van der Waals surface area contributed by atoms with Crippen LogP contribution in [0.5, 0.6) is 0 Å². The molecule has 2 aliphatic heterocycles. The summed E-state index contributed by atoms with van der Waals surface area (Å²) in [5.74, 6) is 0. The molecule has 0 radical (unpaired) electrons. The SMILES string of the molecule is CC1C=C2CNCC2N1.Cl.Cl. The zero-order valence-electron chi connectivity index (χ0n) is 6.46. The Morgan fingerprint density at radius 3 is 2.82 bits per heavy atom. The largest absolute Gasteiger partial charge is 0.311 e. The van der Waals surface area contributed by atoms with E-state index in [1.165, 1.54) is 0 Å². The monoisotopic (exact) mass is 196 g/mol. The minimum absolute atomic E-state index is 0. The second kappa shape index (κ2) is 4.31. The summed E-state index contributed by atoms with van der Waals surface area (Å²) in [6.07, 6.45) is 2.32. The molecular formula is C7H14Cl2N2. The van der Waals surface area contributed by atoms with Gasteiger partial charge in [-0.3, -0.25) is 0 Å². The van der Waals surface area contributed by atoms with Crippen molar-refractivity contribution in [2.24, 2.45) is 0 Å². The van der Waals surface area contributed by atoms with Crippen molar-refractivity contribution in [2.45, 2.75) is 19.0 Å². The molecule has 66 valence electrons. The van der Waals surface area contributed by atoms with Gasteiger partial charge in [0.2, 0.25) is 0 Å². The van der Waals surface area contributed by atoms with Gasteiger partial charge >= 0.3 is 0 Å². The lowest BCUT2D eigenvalue weighted by atomic mass is 10.2. The van der Waals surface area contributed by atoms with Gasteiger partial charge in [-0.25, -0.2) is 0 Å². The third-order valence-electron chi connectivity index (χ3n) is 2.05. The Kier molecular flexibility index (Phi) is 4.41. The standard InChI is InChI=1S/C7H12N2.2ClH/c1-5-2-6-3-8-4-7(6)9-5;;/h2,5,7-9H,3-4H2,1H3;2*1H. The molecule has 4 heteroatoms. The Bertz CT molecular complexity index is 159. The molecule has 2 heterocycles. The van der Waals surface area contributed by atoms with Crippen LogP contribution in [0.2, 0.25) is 0 Å². The molecule has 0 aromatic carbocycles. The second-order valence-corrected chi connectivity index (χ2v) is 2.88. The van der Waals surface area contributed by atoms with Crippen molar-refractivity contribution >= 4 is 24.8 Å². The minimum atomic E-state index is 0. The predicted octanol–water partition coefficient (Wildman–Crippen LogP) is 0.720. The molecule has 1 saturated heterocycles. The maximum Gasteiger partial charge on any atom is 0.0423 e. The Hall–Kier alpha value is 0.240. The molecule has 2 nitrogen and oxygen atoms in total. The van der Waals surface area contributed by atoms with E-state index in [0.29, 0.717) is 12.1 Å². The molecule has 2 N–H and O–H groups in total. The summed E-state index contributed by atoms with van der Waals surface area (Å²) in [6, 6.07) is 1.26. The summed E-state index contributed by atoms with van der Waals surface area (Å²) in [5.41, 5.74) is 1.56. The van der Waals surface area contributed by atoms with E-state index in [-0.39, 0.29) is 24.8 Å². The first kappa shape index (κ1) is 11.2. The molecule has 2 unspecified atom stereocenters. The molecule has 0 spiro atoms. The van der Waals surface area contributed by atoms with Crippen LogP contribution in [0.4, 0.5) is 0 Å². The molecule has 0 amide bonds. The van der Waals surface area contributed by atoms with Gasteiger partial charge in [0, 0.05) is 25.2 Å². The van der Waals surface area contributed by atoms with E-state index in [0.717, 1.165) is 13.1 Å². The highest BCUT2D eigenvalue weighted by molar-refractivity contribution is 5.85. The molecule has 0 aliphatic carbocycles. The lowest BCUT2D eigenvalue weighted by molar-refractivity contribution is 0.591. The fourth-order valence-corrected chi connectivity index (χ4v) is 1.64. The third kappa shape index (κ3) is 2.09. The smallest absolute Gasteiger partial charge is 0.0423 e. The van der Waals surface area contributed by atoms with Gasteiger partial charge in [-0.15, -0.1) is 24.8 Å². The quantitative estimate of drug-likeness (QED) is 0.559. The lowest BCUT2D eigenvalue weighted by Crippen LogP contribution is -2.32. The lowest BCUT2D eigenvalue weighted by Gasteiger charge is -2.06. The van der Waals surface area contributed by atoms with Crippen LogP contribution in [0.3, 0.4) is 0 Å². The Balaban J connectivity index is 0.000000500. The average Bonchev–Trinajstić information content (AvgIpc) is 2.22. The maximum absolute atomic E-state index is 3.46. The molecule has 0 bridgehead atoms. The van der Waals surface area contributed by atoms with E-state index in [1.54, 1.807) is 5.57 Å². The Morgan fingerprint density at radius 2 is 2.18 bits per heavy atom. The van der Waals surface area contributed by atoms with Crippen molar-refractivity contribution in [1.82, 2.24) is 10.6 Å². The molecule has 11 heavy (non-hydrogen) atoms. The van der Waals surface area contributed by atoms with E-state index in [9.17, 15) is 0 Å². The number of fused-ring (bicyclic) bond motifs is 1. The fraction of sp³-hybridized carbons (Fsp3) is 0.714. The van der Waals surface area contributed by atoms with E-state index >= 15 is 0 Å². The topological polar surface area (TPSA) is 24.1 Å². The Labute approximate surface area is 79.6 Å². The predicted molar refractivity (Wildman–Crippen MR) is 51.8 cm³/mol. The second-order valence-electron chi connectivity index (χ2n) is 2.88. The van der Waals surface area contributed by atoms with Crippen LogP contribution in [-0.4, -0.2) is 25.2 Å². The number of hydrogen-bond donors (Lipinski definition) is 2. The van der Waals surface area contributed by atoms with Gasteiger partial charge in [0.05, 0.1) is 0 Å². The van der Waals surface area contributed by atoms with Crippen molar-refractivity contribution in [1.29, 1.82) is 0 Å². The molecular weight excluding hydrogens is 183 g/mol. The summed E-state index contributed by atoms with van der Waals surface area (Å²) in [7, 11) is 0. The van der Waals surface area contributed by atoms with Crippen LogP contribution >= 0.6 is 24.8 Å². The molecule has 0 aromatic heterocycles. The normalized spacial score (nSPS) is 33.4. The van der Waals surface area contributed by atoms with E-state index in [1.807, 2.05) is 0 Å². The number of rotatable bonds is 0. The average molecular weight is 197 g/mol. The van der Waals surface area contributed by atoms with Crippen molar-refractivity contribution in [3.05, 3.63) is 11.6 Å². The highest BCUT2D eigenvalue weighted by Crippen LogP contribution is 2.15. The van der Waals surface area contributed by atoms with Gasteiger partial charge in [-0.05, 0) is 12.5 Å². The summed E-state index contributed by atoms with van der Waals surface area (Å²) in [5, 5.41) is 6.77. The van der Waals surface area contributed by atoms with E-state index < -0.39 is 0 Å². The molecule has 2 aliphatic rings. The first-order valence-electron chi connectivity index (χ1n) is 3.53.